The van der Waals surface area contributed by atoms with Crippen molar-refractivity contribution in [3.05, 3.63) is 106 Å². The Bertz CT molecular complexity index is 1660. The minimum Gasteiger partial charge on any atom is -0.487 e. The molecule has 0 saturated heterocycles. The maximum atomic E-state index is 14.2. The molecule has 0 amide bonds. The summed E-state index contributed by atoms with van der Waals surface area (Å²) in [5.41, 5.74) is -2.45. The monoisotopic (exact) mass is 616 g/mol. The number of aromatic nitrogens is 1. The Balaban J connectivity index is 2.05. The van der Waals surface area contributed by atoms with Crippen molar-refractivity contribution in [3.63, 3.8) is 0 Å². The number of rotatable bonds is 7. The molecule has 0 fully saturated rings. The number of nitrogens with zero attached hydrogens (tertiary/aromatic N) is 2. The first-order valence-corrected chi connectivity index (χ1v) is 13.2. The van der Waals surface area contributed by atoms with Crippen molar-refractivity contribution in [2.45, 2.75) is 19.1 Å². The highest BCUT2D eigenvalue weighted by Gasteiger charge is 2.45. The Labute approximate surface area is 238 Å². The standard InChI is InChI=1S/C26H18Cl3F3N2O4S/c1-3-9-38-21-14(10-16(28)12-17(21)29)11-18-23(35)34-20(13-5-7-15(27)8-6-13)19(24(36)37-4-2)22(26(30,31)32)33-25(34)39-18/h3,5-8,10-12,20H,1,4,9H2,2H3/b18-11-/t20-/m1/s1. The van der Waals surface area contributed by atoms with Crippen molar-refractivity contribution in [2.24, 2.45) is 4.99 Å². The average molecular weight is 618 g/mol. The van der Waals surface area contributed by atoms with Crippen LogP contribution < -0.4 is 19.6 Å². The van der Waals surface area contributed by atoms with Crippen LogP contribution in [0.5, 0.6) is 5.75 Å². The molecule has 0 bridgehead atoms. The largest absolute Gasteiger partial charge is 0.487 e. The minimum atomic E-state index is -5.02. The number of hydrogen-bond acceptors (Lipinski definition) is 6. The van der Waals surface area contributed by atoms with Crippen LogP contribution in [0.2, 0.25) is 15.1 Å². The molecule has 39 heavy (non-hydrogen) atoms. The molecule has 204 valence electrons. The van der Waals surface area contributed by atoms with Gasteiger partial charge in [0.25, 0.3) is 5.56 Å². The van der Waals surface area contributed by atoms with Crippen molar-refractivity contribution in [3.8, 4) is 5.75 Å². The molecule has 2 heterocycles. The maximum absolute atomic E-state index is 14.2. The van der Waals surface area contributed by atoms with Gasteiger partial charge in [0.1, 0.15) is 12.4 Å². The van der Waals surface area contributed by atoms with Gasteiger partial charge in [-0.05, 0) is 42.8 Å². The van der Waals surface area contributed by atoms with Crippen LogP contribution in [0.15, 0.2) is 70.1 Å². The third-order valence-corrected chi connectivity index (χ3v) is 7.18. The van der Waals surface area contributed by atoms with Crippen molar-refractivity contribution in [1.29, 1.82) is 0 Å². The predicted molar refractivity (Wildman–Crippen MR) is 144 cm³/mol. The molecular weight excluding hydrogens is 600 g/mol. The van der Waals surface area contributed by atoms with Crippen LogP contribution >= 0.6 is 46.1 Å². The summed E-state index contributed by atoms with van der Waals surface area (Å²) in [7, 11) is 0. The normalized spacial score (nSPS) is 15.6. The molecule has 1 atom stereocenters. The molecule has 4 rings (SSSR count). The van der Waals surface area contributed by atoms with Crippen molar-refractivity contribution >= 4 is 58.2 Å². The molecule has 1 aliphatic heterocycles. The topological polar surface area (TPSA) is 69.9 Å². The Hall–Kier alpha value is -3.05. The third kappa shape index (κ3) is 5.94. The van der Waals surface area contributed by atoms with Gasteiger partial charge >= 0.3 is 12.1 Å². The lowest BCUT2D eigenvalue weighted by atomic mass is 9.95. The van der Waals surface area contributed by atoms with E-state index in [0.29, 0.717) is 21.9 Å². The molecule has 1 aromatic heterocycles. The summed E-state index contributed by atoms with van der Waals surface area (Å²) < 4.78 is 54.3. The van der Waals surface area contributed by atoms with Gasteiger partial charge in [0.2, 0.25) is 0 Å². The van der Waals surface area contributed by atoms with Gasteiger partial charge < -0.3 is 9.47 Å². The van der Waals surface area contributed by atoms with E-state index in [1.807, 2.05) is 0 Å². The van der Waals surface area contributed by atoms with Gasteiger partial charge in [-0.3, -0.25) is 9.36 Å². The van der Waals surface area contributed by atoms with E-state index in [-0.39, 0.29) is 43.9 Å². The molecule has 0 spiro atoms. The second kappa shape index (κ2) is 11.6. The van der Waals surface area contributed by atoms with Gasteiger partial charge in [-0.1, -0.05) is 70.9 Å². The third-order valence-electron chi connectivity index (χ3n) is 5.45. The first-order chi connectivity index (χ1) is 18.5. The number of carbonyl (C=O) groups is 1. The smallest absolute Gasteiger partial charge is 0.434 e. The van der Waals surface area contributed by atoms with E-state index >= 15 is 0 Å². The molecule has 3 aromatic rings. The van der Waals surface area contributed by atoms with Crippen LogP contribution in [-0.4, -0.2) is 29.9 Å². The van der Waals surface area contributed by atoms with Gasteiger partial charge in [-0.15, -0.1) is 0 Å². The number of esters is 1. The first kappa shape index (κ1) is 28.9. The fraction of sp³-hybridized carbons (Fsp3) is 0.192. The van der Waals surface area contributed by atoms with E-state index in [9.17, 15) is 22.8 Å². The number of thiazole rings is 1. The maximum Gasteiger partial charge on any atom is 0.434 e. The summed E-state index contributed by atoms with van der Waals surface area (Å²) in [6, 6.07) is 7.20. The molecule has 0 N–H and O–H groups in total. The summed E-state index contributed by atoms with van der Waals surface area (Å²) in [5.74, 6) is -1.05. The highest BCUT2D eigenvalue weighted by Crippen LogP contribution is 2.38. The zero-order valence-corrected chi connectivity index (χ0v) is 23.1. The molecular formula is C26H18Cl3F3N2O4S. The summed E-state index contributed by atoms with van der Waals surface area (Å²) in [6.45, 7) is 4.96. The minimum absolute atomic E-state index is 0.00105. The Kier molecular flexibility index (Phi) is 8.60. The lowest BCUT2D eigenvalue weighted by Gasteiger charge is -2.26. The number of alkyl halides is 3. The number of hydrogen-bond donors (Lipinski definition) is 0. The lowest BCUT2D eigenvalue weighted by molar-refractivity contribution is -0.140. The zero-order chi connectivity index (χ0) is 28.5. The Morgan fingerprint density at radius 2 is 1.87 bits per heavy atom. The first-order valence-electron chi connectivity index (χ1n) is 11.2. The van der Waals surface area contributed by atoms with Crippen molar-refractivity contribution in [1.82, 2.24) is 4.57 Å². The fourth-order valence-corrected chi connectivity index (χ4v) is 5.61. The second-order valence-corrected chi connectivity index (χ2v) is 10.3. The van der Waals surface area contributed by atoms with E-state index in [2.05, 4.69) is 11.6 Å². The van der Waals surface area contributed by atoms with Crippen LogP contribution in [0.25, 0.3) is 6.08 Å². The molecule has 0 radical (unpaired) electrons. The second-order valence-electron chi connectivity index (χ2n) is 8.02. The van der Waals surface area contributed by atoms with Crippen LogP contribution in [-0.2, 0) is 9.53 Å². The van der Waals surface area contributed by atoms with E-state index in [1.54, 1.807) is 0 Å². The molecule has 6 nitrogen and oxygen atoms in total. The van der Waals surface area contributed by atoms with Crippen LogP contribution in [0.1, 0.15) is 24.1 Å². The molecule has 1 aliphatic rings. The number of fused-ring (bicyclic) bond motifs is 1. The Morgan fingerprint density at radius 3 is 2.49 bits per heavy atom. The van der Waals surface area contributed by atoms with E-state index in [1.165, 1.54) is 55.5 Å². The highest BCUT2D eigenvalue weighted by molar-refractivity contribution is 7.07. The van der Waals surface area contributed by atoms with E-state index in [4.69, 9.17) is 44.3 Å². The van der Waals surface area contributed by atoms with Crippen LogP contribution in [0.4, 0.5) is 13.2 Å². The lowest BCUT2D eigenvalue weighted by Crippen LogP contribution is -2.41. The van der Waals surface area contributed by atoms with Gasteiger partial charge in [0.15, 0.2) is 10.5 Å². The SMILES string of the molecule is C=CCOc1c(Cl)cc(Cl)cc1/C=c1\sc2n(c1=O)[C@H](c1ccc(Cl)cc1)C(C(=O)OCC)=C(C(F)(F)F)N=2. The zero-order valence-electron chi connectivity index (χ0n) is 20.0. The van der Waals surface area contributed by atoms with Crippen LogP contribution in [0.3, 0.4) is 0 Å². The molecule has 2 aromatic carbocycles. The molecule has 0 unspecified atom stereocenters. The molecule has 0 aliphatic carbocycles. The Morgan fingerprint density at radius 1 is 1.18 bits per heavy atom. The van der Waals surface area contributed by atoms with Gasteiger partial charge in [0.05, 0.1) is 27.8 Å². The van der Waals surface area contributed by atoms with Crippen molar-refractivity contribution < 1.29 is 27.4 Å². The number of allylic oxidation sites excluding steroid dienone is 1. The van der Waals surface area contributed by atoms with Crippen molar-refractivity contribution in [2.75, 3.05) is 13.2 Å². The van der Waals surface area contributed by atoms with Crippen LogP contribution in [0, 0.1) is 0 Å². The number of halogens is 6. The number of carbonyl (C=O) groups excluding carboxylic acids is 1. The summed E-state index contributed by atoms with van der Waals surface area (Å²) in [4.78, 5) is 30.1. The van der Waals surface area contributed by atoms with E-state index in [0.717, 1.165) is 4.57 Å². The van der Waals surface area contributed by atoms with E-state index < -0.39 is 35.0 Å². The predicted octanol–water partition coefficient (Wildman–Crippen LogP) is 5.87. The quantitative estimate of drug-likeness (QED) is 0.246. The van der Waals surface area contributed by atoms with Gasteiger partial charge in [0, 0.05) is 15.6 Å². The fourth-order valence-electron chi connectivity index (χ4n) is 3.92. The molecule has 0 saturated carbocycles. The highest BCUT2D eigenvalue weighted by atomic mass is 35.5. The molecule has 13 heteroatoms. The average Bonchev–Trinajstić information content (AvgIpc) is 3.17. The van der Waals surface area contributed by atoms with Gasteiger partial charge in [-0.2, -0.15) is 13.2 Å². The van der Waals surface area contributed by atoms with Gasteiger partial charge in [-0.25, -0.2) is 9.79 Å². The summed E-state index contributed by atoms with van der Waals surface area (Å²) in [6.07, 6.45) is -2.14. The summed E-state index contributed by atoms with van der Waals surface area (Å²) in [5, 5.41) is 0.716. The number of ether oxygens (including phenoxy) is 2. The number of benzene rings is 2. The summed E-state index contributed by atoms with van der Waals surface area (Å²) >= 11 is 19.1.